The number of aryl methyl sites for hydroxylation is 1. The van der Waals surface area contributed by atoms with E-state index in [1.54, 1.807) is 19.2 Å². The van der Waals surface area contributed by atoms with Crippen molar-refractivity contribution < 1.29 is 28.8 Å². The zero-order valence-electron chi connectivity index (χ0n) is 21.9. The van der Waals surface area contributed by atoms with Crippen molar-refractivity contribution in [2.45, 2.75) is 13.0 Å². The molecule has 5 rings (SSSR count). The highest BCUT2D eigenvalue weighted by molar-refractivity contribution is 5.68. The van der Waals surface area contributed by atoms with Crippen LogP contribution in [-0.4, -0.2) is 61.3 Å². The Kier molecular flexibility index (Phi) is 7.98. The Hall–Kier alpha value is -4.50. The molecule has 9 nitrogen and oxygen atoms in total. The smallest absolute Gasteiger partial charge is 0.341 e. The van der Waals surface area contributed by atoms with E-state index in [1.807, 2.05) is 43.3 Å². The molecule has 2 N–H and O–H groups in total. The monoisotopic (exact) mass is 529 g/mol. The molecule has 0 amide bonds. The van der Waals surface area contributed by atoms with Crippen LogP contribution in [0.5, 0.6) is 17.2 Å². The van der Waals surface area contributed by atoms with E-state index in [4.69, 9.17) is 24.1 Å². The minimum atomic E-state index is -1.03. The minimum absolute atomic E-state index is 0.403. The van der Waals surface area contributed by atoms with Gasteiger partial charge in [0.1, 0.15) is 17.2 Å². The average molecular weight is 530 g/mol. The number of anilines is 1. The summed E-state index contributed by atoms with van der Waals surface area (Å²) in [6.07, 6.45) is -0.477. The van der Waals surface area contributed by atoms with Gasteiger partial charge in [-0.2, -0.15) is 5.10 Å². The maximum Gasteiger partial charge on any atom is 0.341 e. The van der Waals surface area contributed by atoms with Crippen molar-refractivity contribution in [2.24, 2.45) is 0 Å². The molecular formula is C30H31N3O6. The number of nitrogens with one attached hydrogen (secondary N) is 1. The summed E-state index contributed by atoms with van der Waals surface area (Å²) < 4.78 is 22.6. The van der Waals surface area contributed by atoms with Crippen LogP contribution >= 0.6 is 0 Å². The van der Waals surface area contributed by atoms with Crippen LogP contribution in [0.25, 0.3) is 11.3 Å². The van der Waals surface area contributed by atoms with E-state index in [-0.39, 0.29) is 0 Å². The number of aromatic amines is 1. The molecule has 0 bridgehead atoms. The molecule has 1 aliphatic heterocycles. The van der Waals surface area contributed by atoms with Crippen molar-refractivity contribution in [3.8, 4) is 28.5 Å². The molecule has 3 aromatic carbocycles. The summed E-state index contributed by atoms with van der Waals surface area (Å²) >= 11 is 0. The number of benzene rings is 3. The highest BCUT2D eigenvalue weighted by atomic mass is 16.5. The molecule has 4 aromatic rings. The van der Waals surface area contributed by atoms with Gasteiger partial charge in [-0.05, 0) is 66.6 Å². The zero-order valence-corrected chi connectivity index (χ0v) is 21.9. The molecule has 202 valence electrons. The molecule has 0 spiro atoms. The highest BCUT2D eigenvalue weighted by Gasteiger charge is 2.21. The molecule has 0 aliphatic carbocycles. The van der Waals surface area contributed by atoms with Gasteiger partial charge in [-0.3, -0.25) is 5.10 Å². The van der Waals surface area contributed by atoms with Crippen molar-refractivity contribution >= 4 is 11.7 Å². The van der Waals surface area contributed by atoms with Crippen molar-refractivity contribution in [1.29, 1.82) is 0 Å². The van der Waals surface area contributed by atoms with Crippen LogP contribution in [0, 0.1) is 6.92 Å². The lowest BCUT2D eigenvalue weighted by Gasteiger charge is -2.28. The Morgan fingerprint density at radius 1 is 1.03 bits per heavy atom. The van der Waals surface area contributed by atoms with E-state index < -0.39 is 18.7 Å². The number of ether oxygens (including phenoxy) is 4. The Morgan fingerprint density at radius 3 is 2.41 bits per heavy atom. The maximum atomic E-state index is 10.9. The summed E-state index contributed by atoms with van der Waals surface area (Å²) in [6, 6.07) is 23.4. The molecule has 1 saturated heterocycles. The van der Waals surface area contributed by atoms with Gasteiger partial charge in [0.2, 0.25) is 0 Å². The molecule has 1 fully saturated rings. The van der Waals surface area contributed by atoms with E-state index in [0.29, 0.717) is 11.5 Å². The van der Waals surface area contributed by atoms with Crippen LogP contribution in [-0.2, 0) is 9.53 Å². The summed E-state index contributed by atoms with van der Waals surface area (Å²) in [5, 5.41) is 16.7. The van der Waals surface area contributed by atoms with E-state index in [0.717, 1.165) is 60.1 Å². The quantitative estimate of drug-likeness (QED) is 0.300. The predicted octanol–water partition coefficient (Wildman–Crippen LogP) is 4.86. The molecule has 1 atom stereocenters. The molecule has 1 aromatic heterocycles. The number of aliphatic carboxylic acids is 1. The summed E-state index contributed by atoms with van der Waals surface area (Å²) in [4.78, 5) is 13.2. The number of aromatic nitrogens is 2. The van der Waals surface area contributed by atoms with Gasteiger partial charge in [0.15, 0.2) is 12.7 Å². The normalized spacial score (nSPS) is 14.1. The summed E-state index contributed by atoms with van der Waals surface area (Å²) in [6.45, 7) is 4.71. The van der Waals surface area contributed by atoms with Crippen LogP contribution in [0.1, 0.15) is 22.9 Å². The first-order valence-electron chi connectivity index (χ1n) is 12.7. The van der Waals surface area contributed by atoms with E-state index in [9.17, 15) is 4.79 Å². The molecule has 2 heterocycles. The van der Waals surface area contributed by atoms with Crippen molar-refractivity contribution in [1.82, 2.24) is 10.2 Å². The number of carboxylic acid groups (broad SMARTS) is 1. The Balaban J connectivity index is 1.40. The second kappa shape index (κ2) is 11.9. The third-order valence-corrected chi connectivity index (χ3v) is 6.59. The van der Waals surface area contributed by atoms with Crippen LogP contribution in [0.15, 0.2) is 72.8 Å². The van der Waals surface area contributed by atoms with E-state index >= 15 is 0 Å². The van der Waals surface area contributed by atoms with Crippen molar-refractivity contribution in [3.63, 3.8) is 0 Å². The van der Waals surface area contributed by atoms with Crippen molar-refractivity contribution in [2.75, 3.05) is 44.9 Å². The molecule has 1 unspecified atom stereocenters. The van der Waals surface area contributed by atoms with Gasteiger partial charge >= 0.3 is 5.97 Å². The van der Waals surface area contributed by atoms with Gasteiger partial charge in [0.25, 0.3) is 0 Å². The molecule has 39 heavy (non-hydrogen) atoms. The van der Waals surface area contributed by atoms with Gasteiger partial charge in [-0.15, -0.1) is 0 Å². The highest BCUT2D eigenvalue weighted by Crippen LogP contribution is 2.33. The van der Waals surface area contributed by atoms with Gasteiger partial charge in [0, 0.05) is 24.3 Å². The number of rotatable bonds is 10. The Labute approximate surface area is 226 Å². The number of morpholine rings is 1. The van der Waals surface area contributed by atoms with E-state index in [1.165, 1.54) is 5.69 Å². The lowest BCUT2D eigenvalue weighted by Crippen LogP contribution is -2.36. The number of carbonyl (C=O) groups is 1. The fourth-order valence-corrected chi connectivity index (χ4v) is 4.51. The number of hydrogen-bond acceptors (Lipinski definition) is 7. The molecule has 1 aliphatic rings. The minimum Gasteiger partial charge on any atom is -0.497 e. The number of hydrogen-bond donors (Lipinski definition) is 2. The Bertz CT molecular complexity index is 1400. The largest absolute Gasteiger partial charge is 0.497 e. The first-order chi connectivity index (χ1) is 19.0. The number of carboxylic acids is 1. The van der Waals surface area contributed by atoms with Crippen LogP contribution in [0.3, 0.4) is 0 Å². The fraction of sp³-hybridized carbons (Fsp3) is 0.267. The first-order valence-corrected chi connectivity index (χ1v) is 12.7. The second-order valence-electron chi connectivity index (χ2n) is 9.24. The van der Waals surface area contributed by atoms with Gasteiger partial charge < -0.3 is 29.0 Å². The molecular weight excluding hydrogens is 498 g/mol. The number of H-pyrrole nitrogens is 1. The maximum absolute atomic E-state index is 10.9. The molecule has 0 radical (unpaired) electrons. The SMILES string of the molecule is COc1ccc(C(Oc2ccc(OCC(=O)O)c(C)c2)c2cc(-c3ccc(N4CCOCC4)cc3)n[nH]2)cc1. The Morgan fingerprint density at radius 2 is 1.74 bits per heavy atom. The summed E-state index contributed by atoms with van der Waals surface area (Å²) in [5.41, 5.74) is 5.46. The lowest BCUT2D eigenvalue weighted by atomic mass is 10.0. The van der Waals surface area contributed by atoms with Gasteiger partial charge in [-0.25, -0.2) is 4.79 Å². The standard InChI is InChI=1S/C30H31N3O6/c1-20-17-25(11-12-28(20)38-19-29(34)35)39-30(22-5-9-24(36-2)10-6-22)27-18-26(31-32-27)21-3-7-23(8-4-21)33-13-15-37-16-14-33/h3-12,17-18,30H,13-16,19H2,1-2H3,(H,31,32)(H,34,35). The first kappa shape index (κ1) is 26.1. The second-order valence-corrected chi connectivity index (χ2v) is 9.24. The van der Waals surface area contributed by atoms with E-state index in [2.05, 4.69) is 39.4 Å². The predicted molar refractivity (Wildman–Crippen MR) is 147 cm³/mol. The number of methoxy groups -OCH3 is 1. The van der Waals surface area contributed by atoms with Crippen LogP contribution in [0.4, 0.5) is 5.69 Å². The molecule has 9 heteroatoms. The lowest BCUT2D eigenvalue weighted by molar-refractivity contribution is -0.139. The number of nitrogens with zero attached hydrogens (tertiary/aromatic N) is 2. The van der Waals surface area contributed by atoms with Crippen LogP contribution in [0.2, 0.25) is 0 Å². The van der Waals surface area contributed by atoms with Gasteiger partial charge in [0.05, 0.1) is 31.7 Å². The molecule has 0 saturated carbocycles. The zero-order chi connectivity index (χ0) is 27.2. The fourth-order valence-electron chi connectivity index (χ4n) is 4.51. The summed E-state index contributed by atoms with van der Waals surface area (Å²) in [5.74, 6) is 0.830. The third-order valence-electron chi connectivity index (χ3n) is 6.59. The summed E-state index contributed by atoms with van der Waals surface area (Å²) in [7, 11) is 1.63. The third kappa shape index (κ3) is 6.32. The topological polar surface area (TPSA) is 106 Å². The van der Waals surface area contributed by atoms with Gasteiger partial charge in [-0.1, -0.05) is 24.3 Å². The van der Waals surface area contributed by atoms with Crippen molar-refractivity contribution in [3.05, 3.63) is 89.6 Å². The van der Waals surface area contributed by atoms with Crippen LogP contribution < -0.4 is 19.1 Å². The average Bonchev–Trinajstić information content (AvgIpc) is 3.46.